The molecule has 22 heavy (non-hydrogen) atoms. The van der Waals surface area contributed by atoms with Crippen LogP contribution < -0.4 is 10.6 Å². The summed E-state index contributed by atoms with van der Waals surface area (Å²) in [5.41, 5.74) is -1.58. The quantitative estimate of drug-likeness (QED) is 0.816. The fraction of sp³-hybridized carbons (Fsp3) is 0.615. The monoisotopic (exact) mass is 320 g/mol. The van der Waals surface area contributed by atoms with Crippen LogP contribution in [0.25, 0.3) is 0 Å². The molecular formula is C13H19F3N4O2. The zero-order valence-electron chi connectivity index (χ0n) is 12.6. The molecule has 0 saturated heterocycles. The highest BCUT2D eigenvalue weighted by molar-refractivity contribution is 5.67. The van der Waals surface area contributed by atoms with Gasteiger partial charge in [0.2, 0.25) is 0 Å². The van der Waals surface area contributed by atoms with E-state index >= 15 is 0 Å². The normalized spacial score (nSPS) is 11.9. The molecule has 0 bridgehead atoms. The summed E-state index contributed by atoms with van der Waals surface area (Å²) in [5, 5.41) is 5.28. The minimum Gasteiger partial charge on any atom is -0.444 e. The Morgan fingerprint density at radius 3 is 2.50 bits per heavy atom. The summed E-state index contributed by atoms with van der Waals surface area (Å²) < 4.78 is 42.4. The van der Waals surface area contributed by atoms with Gasteiger partial charge in [0, 0.05) is 19.2 Å². The molecular weight excluding hydrogens is 301 g/mol. The molecule has 6 nitrogen and oxygen atoms in total. The van der Waals surface area contributed by atoms with Gasteiger partial charge in [-0.1, -0.05) is 0 Å². The molecule has 1 rings (SSSR count). The number of nitrogens with zero attached hydrogens (tertiary/aromatic N) is 2. The van der Waals surface area contributed by atoms with Crippen molar-refractivity contribution < 1.29 is 22.7 Å². The van der Waals surface area contributed by atoms with Crippen molar-refractivity contribution in [2.75, 3.05) is 18.4 Å². The fourth-order valence-electron chi connectivity index (χ4n) is 1.42. The largest absolute Gasteiger partial charge is 0.444 e. The van der Waals surface area contributed by atoms with E-state index in [1.54, 1.807) is 20.8 Å². The molecule has 2 N–H and O–H groups in total. The molecule has 0 aliphatic carbocycles. The number of alkyl halides is 3. The minimum absolute atomic E-state index is 0.0830. The highest BCUT2D eigenvalue weighted by Crippen LogP contribution is 2.27. The minimum atomic E-state index is -4.50. The molecule has 0 aliphatic rings. The molecule has 1 amide bonds. The second-order valence-corrected chi connectivity index (χ2v) is 5.50. The van der Waals surface area contributed by atoms with Gasteiger partial charge in [-0.3, -0.25) is 0 Å². The number of carbonyl (C=O) groups excluding carboxylic acids is 1. The Kier molecular flexibility index (Phi) is 5.95. The first-order chi connectivity index (χ1) is 10.1. The van der Waals surface area contributed by atoms with Crippen molar-refractivity contribution in [2.45, 2.75) is 39.0 Å². The lowest BCUT2D eigenvalue weighted by atomic mass is 10.2. The van der Waals surface area contributed by atoms with Gasteiger partial charge in [-0.15, -0.1) is 0 Å². The molecule has 0 aliphatic heterocycles. The van der Waals surface area contributed by atoms with Crippen LogP contribution in [0, 0.1) is 0 Å². The SMILES string of the molecule is CC(C)(C)OC(=O)NCCCNc1cc(C(F)(F)F)ncn1. The standard InChI is InChI=1S/C13H19F3N4O2/c1-12(2,3)22-11(21)18-6-4-5-17-10-7-9(13(14,15)16)19-8-20-10/h7-8H,4-6H2,1-3H3,(H,18,21)(H,17,19,20). The summed E-state index contributed by atoms with van der Waals surface area (Å²) in [4.78, 5) is 18.2. The Hall–Kier alpha value is -2.06. The van der Waals surface area contributed by atoms with Crippen molar-refractivity contribution in [1.82, 2.24) is 15.3 Å². The van der Waals surface area contributed by atoms with Crippen LogP contribution in [-0.4, -0.2) is 34.8 Å². The van der Waals surface area contributed by atoms with Crippen molar-refractivity contribution in [3.05, 3.63) is 18.1 Å². The molecule has 1 aromatic heterocycles. The van der Waals surface area contributed by atoms with E-state index in [1.807, 2.05) is 0 Å². The van der Waals surface area contributed by atoms with Crippen LogP contribution in [0.1, 0.15) is 32.9 Å². The van der Waals surface area contributed by atoms with Crippen LogP contribution in [0.4, 0.5) is 23.8 Å². The lowest BCUT2D eigenvalue weighted by molar-refractivity contribution is -0.141. The van der Waals surface area contributed by atoms with Crippen LogP contribution >= 0.6 is 0 Å². The van der Waals surface area contributed by atoms with E-state index in [9.17, 15) is 18.0 Å². The van der Waals surface area contributed by atoms with E-state index in [2.05, 4.69) is 20.6 Å². The van der Waals surface area contributed by atoms with E-state index < -0.39 is 23.6 Å². The highest BCUT2D eigenvalue weighted by atomic mass is 19.4. The van der Waals surface area contributed by atoms with Gasteiger partial charge in [0.25, 0.3) is 0 Å². The van der Waals surface area contributed by atoms with Crippen molar-refractivity contribution in [1.29, 1.82) is 0 Å². The van der Waals surface area contributed by atoms with Crippen molar-refractivity contribution >= 4 is 11.9 Å². The molecule has 0 unspecified atom stereocenters. The molecule has 1 heterocycles. The van der Waals surface area contributed by atoms with Gasteiger partial charge in [-0.25, -0.2) is 14.8 Å². The van der Waals surface area contributed by atoms with Gasteiger partial charge in [0.15, 0.2) is 0 Å². The van der Waals surface area contributed by atoms with Crippen molar-refractivity contribution in [2.24, 2.45) is 0 Å². The number of halogens is 3. The smallest absolute Gasteiger partial charge is 0.433 e. The summed E-state index contributed by atoms with van der Waals surface area (Å²) in [6, 6.07) is 0.835. The summed E-state index contributed by atoms with van der Waals surface area (Å²) in [6.45, 7) is 5.94. The van der Waals surface area contributed by atoms with E-state index in [0.29, 0.717) is 19.5 Å². The van der Waals surface area contributed by atoms with Gasteiger partial charge in [0.1, 0.15) is 23.4 Å². The first kappa shape index (κ1) is 18.0. The van der Waals surface area contributed by atoms with E-state index in [1.165, 1.54) is 0 Å². The first-order valence-corrected chi connectivity index (χ1v) is 6.68. The number of alkyl carbamates (subject to hydrolysis) is 1. The lowest BCUT2D eigenvalue weighted by Crippen LogP contribution is -2.33. The number of carbonyl (C=O) groups is 1. The maximum absolute atomic E-state index is 12.5. The Morgan fingerprint density at radius 2 is 1.91 bits per heavy atom. The molecule has 0 saturated carbocycles. The van der Waals surface area contributed by atoms with Gasteiger partial charge >= 0.3 is 12.3 Å². The second-order valence-electron chi connectivity index (χ2n) is 5.50. The van der Waals surface area contributed by atoms with Gasteiger partial charge in [-0.2, -0.15) is 13.2 Å². The zero-order chi connectivity index (χ0) is 16.8. The second kappa shape index (κ2) is 7.28. The number of aromatic nitrogens is 2. The Balaban J connectivity index is 2.30. The summed E-state index contributed by atoms with van der Waals surface area (Å²) in [6.07, 6.45) is -3.68. The maximum atomic E-state index is 12.5. The number of ether oxygens (including phenoxy) is 1. The lowest BCUT2D eigenvalue weighted by Gasteiger charge is -2.19. The predicted molar refractivity (Wildman–Crippen MR) is 74.4 cm³/mol. The van der Waals surface area contributed by atoms with Crippen LogP contribution in [-0.2, 0) is 10.9 Å². The van der Waals surface area contributed by atoms with Crippen LogP contribution in [0.15, 0.2) is 12.4 Å². The van der Waals surface area contributed by atoms with Crippen molar-refractivity contribution in [3.8, 4) is 0 Å². The average Bonchev–Trinajstić information content (AvgIpc) is 2.35. The summed E-state index contributed by atoms with van der Waals surface area (Å²) in [7, 11) is 0. The zero-order valence-corrected chi connectivity index (χ0v) is 12.6. The molecule has 0 spiro atoms. The summed E-state index contributed by atoms with van der Waals surface area (Å²) >= 11 is 0. The van der Waals surface area contributed by atoms with Gasteiger partial charge < -0.3 is 15.4 Å². The molecule has 0 aromatic carbocycles. The third-order valence-corrected chi connectivity index (χ3v) is 2.29. The Bertz CT molecular complexity index is 501. The van der Waals surface area contributed by atoms with Crippen LogP contribution in [0.3, 0.4) is 0 Å². The third kappa shape index (κ3) is 7.09. The van der Waals surface area contributed by atoms with Crippen LogP contribution in [0.2, 0.25) is 0 Å². The van der Waals surface area contributed by atoms with Crippen LogP contribution in [0.5, 0.6) is 0 Å². The number of hydrogen-bond acceptors (Lipinski definition) is 5. The molecule has 0 fully saturated rings. The fourth-order valence-corrected chi connectivity index (χ4v) is 1.42. The van der Waals surface area contributed by atoms with Crippen molar-refractivity contribution in [3.63, 3.8) is 0 Å². The predicted octanol–water partition coefficient (Wildman–Crippen LogP) is 2.82. The molecule has 9 heteroatoms. The number of anilines is 1. The van der Waals surface area contributed by atoms with E-state index in [-0.39, 0.29) is 5.82 Å². The van der Waals surface area contributed by atoms with Gasteiger partial charge in [0.05, 0.1) is 0 Å². The topological polar surface area (TPSA) is 76.1 Å². The summed E-state index contributed by atoms with van der Waals surface area (Å²) in [5.74, 6) is 0.0830. The number of rotatable bonds is 5. The molecule has 0 atom stereocenters. The Labute approximate surface area is 126 Å². The number of amides is 1. The molecule has 1 aromatic rings. The molecule has 124 valence electrons. The van der Waals surface area contributed by atoms with E-state index in [0.717, 1.165) is 12.4 Å². The Morgan fingerprint density at radius 1 is 1.23 bits per heavy atom. The highest BCUT2D eigenvalue weighted by Gasteiger charge is 2.32. The maximum Gasteiger partial charge on any atom is 0.433 e. The average molecular weight is 320 g/mol. The number of hydrogen-bond donors (Lipinski definition) is 2. The van der Waals surface area contributed by atoms with E-state index in [4.69, 9.17) is 4.74 Å². The van der Waals surface area contributed by atoms with Gasteiger partial charge in [-0.05, 0) is 27.2 Å². The number of nitrogens with one attached hydrogen (secondary N) is 2. The third-order valence-electron chi connectivity index (χ3n) is 2.29. The molecule has 0 radical (unpaired) electrons. The first-order valence-electron chi connectivity index (χ1n) is 6.68.